The van der Waals surface area contributed by atoms with Crippen LogP contribution >= 0.6 is 0 Å². The predicted octanol–water partition coefficient (Wildman–Crippen LogP) is 1.97. The molecule has 1 aliphatic rings. The number of rotatable bonds is 3. The number of ether oxygens (including phenoxy) is 1. The van der Waals surface area contributed by atoms with E-state index in [0.29, 0.717) is 5.88 Å². The molecule has 0 bridgehead atoms. The van der Waals surface area contributed by atoms with Gasteiger partial charge >= 0.3 is 0 Å². The quantitative estimate of drug-likeness (QED) is 0.882. The van der Waals surface area contributed by atoms with Gasteiger partial charge in [-0.05, 0) is 6.42 Å². The Morgan fingerprint density at radius 1 is 1.26 bits per heavy atom. The average Bonchev–Trinajstić information content (AvgIpc) is 3.05. The topological polar surface area (TPSA) is 73.5 Å². The SMILES string of the molecule is C1COCCN1.CC.CC.CCCNc1c[nH+]no1. The lowest BCUT2D eigenvalue weighted by molar-refractivity contribution is -0.471. The van der Waals surface area contributed by atoms with Crippen molar-refractivity contribution in [3.05, 3.63) is 6.20 Å². The molecule has 6 nitrogen and oxygen atoms in total. The standard InChI is InChI=1S/C5H9N3O.C4H9NO.2C2H6/c1-2-3-6-5-4-7-8-9-5;1-3-6-4-2-5-1;2*1-2/h4,6H,2-3H2,1H3;5H,1-4H2;2*1-2H3/p+1. The molecule has 1 saturated heterocycles. The molecule has 0 radical (unpaired) electrons. The molecule has 0 aromatic carbocycles. The van der Waals surface area contributed by atoms with E-state index in [1.54, 1.807) is 6.20 Å². The molecule has 0 spiro atoms. The minimum Gasteiger partial charge on any atom is -0.379 e. The van der Waals surface area contributed by atoms with Gasteiger partial charge in [-0.2, -0.15) is 0 Å². The second-order valence-electron chi connectivity index (χ2n) is 3.11. The molecule has 0 unspecified atom stereocenters. The van der Waals surface area contributed by atoms with Gasteiger partial charge in [0, 0.05) is 19.6 Å². The van der Waals surface area contributed by atoms with Crippen LogP contribution in [0.3, 0.4) is 0 Å². The third-order valence-corrected chi connectivity index (χ3v) is 1.79. The Morgan fingerprint density at radius 2 is 1.89 bits per heavy atom. The monoisotopic (exact) mass is 275 g/mol. The molecule has 2 rings (SSSR count). The molecular formula is C13H31N4O2+. The highest BCUT2D eigenvalue weighted by atomic mass is 16.5. The molecule has 1 aromatic rings. The van der Waals surface area contributed by atoms with Crippen LogP contribution in [0.4, 0.5) is 5.88 Å². The van der Waals surface area contributed by atoms with Gasteiger partial charge in [-0.25, -0.2) is 0 Å². The third-order valence-electron chi connectivity index (χ3n) is 1.79. The number of morpholine rings is 1. The molecule has 0 amide bonds. The van der Waals surface area contributed by atoms with E-state index in [-0.39, 0.29) is 0 Å². The van der Waals surface area contributed by atoms with E-state index in [0.717, 1.165) is 39.3 Å². The summed E-state index contributed by atoms with van der Waals surface area (Å²) in [5.74, 6) is 0.692. The third kappa shape index (κ3) is 14.8. The Balaban J connectivity index is 0. The minimum atomic E-state index is 0.692. The van der Waals surface area contributed by atoms with Crippen LogP contribution in [0.1, 0.15) is 41.0 Å². The van der Waals surface area contributed by atoms with Crippen molar-refractivity contribution in [1.29, 1.82) is 0 Å². The Labute approximate surface area is 117 Å². The summed E-state index contributed by atoms with van der Waals surface area (Å²) >= 11 is 0. The van der Waals surface area contributed by atoms with E-state index >= 15 is 0 Å². The van der Waals surface area contributed by atoms with Crippen LogP contribution in [-0.4, -0.2) is 38.1 Å². The van der Waals surface area contributed by atoms with Crippen LogP contribution < -0.4 is 15.7 Å². The fourth-order valence-corrected chi connectivity index (χ4v) is 1.03. The lowest BCUT2D eigenvalue weighted by Gasteiger charge is -2.10. The first-order chi connectivity index (χ1) is 9.43. The first-order valence-electron chi connectivity index (χ1n) is 7.28. The number of anilines is 1. The van der Waals surface area contributed by atoms with Crippen molar-refractivity contribution in [1.82, 2.24) is 10.6 Å². The van der Waals surface area contributed by atoms with Gasteiger partial charge in [0.1, 0.15) is 0 Å². The molecule has 1 fully saturated rings. The Kier molecular flexibility index (Phi) is 20.4. The van der Waals surface area contributed by atoms with Crippen molar-refractivity contribution in [2.75, 3.05) is 38.2 Å². The summed E-state index contributed by atoms with van der Waals surface area (Å²) in [6, 6.07) is 0. The molecule has 114 valence electrons. The van der Waals surface area contributed by atoms with E-state index in [1.165, 1.54) is 0 Å². The summed E-state index contributed by atoms with van der Waals surface area (Å²) in [6.45, 7) is 14.8. The summed E-state index contributed by atoms with van der Waals surface area (Å²) in [5, 5.41) is 12.1. The number of hydrogen-bond donors (Lipinski definition) is 2. The Bertz CT molecular complexity index is 215. The summed E-state index contributed by atoms with van der Waals surface area (Å²) in [6.07, 6.45) is 2.76. The van der Waals surface area contributed by atoms with Crippen molar-refractivity contribution in [2.45, 2.75) is 41.0 Å². The normalized spacial score (nSPS) is 12.7. The number of hydrogen-bond acceptors (Lipinski definition) is 5. The van der Waals surface area contributed by atoms with Gasteiger partial charge in [-0.1, -0.05) is 39.7 Å². The second-order valence-corrected chi connectivity index (χ2v) is 3.11. The van der Waals surface area contributed by atoms with E-state index in [2.05, 4.69) is 27.9 Å². The molecule has 2 heterocycles. The van der Waals surface area contributed by atoms with E-state index < -0.39 is 0 Å². The molecule has 0 saturated carbocycles. The van der Waals surface area contributed by atoms with E-state index in [9.17, 15) is 0 Å². The van der Waals surface area contributed by atoms with Crippen molar-refractivity contribution in [3.63, 3.8) is 0 Å². The zero-order valence-corrected chi connectivity index (χ0v) is 13.1. The van der Waals surface area contributed by atoms with Crippen LogP contribution in [0.5, 0.6) is 0 Å². The van der Waals surface area contributed by atoms with E-state index in [4.69, 9.17) is 9.26 Å². The largest absolute Gasteiger partial charge is 0.379 e. The van der Waals surface area contributed by atoms with Gasteiger partial charge in [0.25, 0.3) is 12.1 Å². The zero-order chi connectivity index (χ0) is 14.8. The highest BCUT2D eigenvalue weighted by molar-refractivity contribution is 5.21. The van der Waals surface area contributed by atoms with Gasteiger partial charge in [0.05, 0.1) is 13.2 Å². The molecule has 19 heavy (non-hydrogen) atoms. The maximum absolute atomic E-state index is 5.01. The van der Waals surface area contributed by atoms with Gasteiger partial charge in [0.2, 0.25) is 0 Å². The summed E-state index contributed by atoms with van der Waals surface area (Å²) in [4.78, 5) is 0. The highest BCUT2D eigenvalue weighted by Crippen LogP contribution is 1.96. The van der Waals surface area contributed by atoms with Crippen LogP contribution in [0, 0.1) is 0 Å². The maximum atomic E-state index is 5.01. The lowest BCUT2D eigenvalue weighted by Crippen LogP contribution is -2.30. The minimum absolute atomic E-state index is 0.692. The van der Waals surface area contributed by atoms with Gasteiger partial charge in [-0.15, -0.1) is 0 Å². The van der Waals surface area contributed by atoms with Crippen LogP contribution in [0.15, 0.2) is 10.7 Å². The van der Waals surface area contributed by atoms with Crippen molar-refractivity contribution in [2.24, 2.45) is 0 Å². The van der Waals surface area contributed by atoms with E-state index in [1.807, 2.05) is 27.7 Å². The van der Waals surface area contributed by atoms with Crippen LogP contribution in [0.2, 0.25) is 0 Å². The van der Waals surface area contributed by atoms with Gasteiger partial charge < -0.3 is 15.4 Å². The molecule has 3 N–H and O–H groups in total. The number of nitrogens with one attached hydrogen (secondary N) is 3. The maximum Gasteiger partial charge on any atom is 0.295 e. The molecule has 0 atom stereocenters. The molecule has 1 aromatic heterocycles. The smallest absolute Gasteiger partial charge is 0.295 e. The molecule has 1 aliphatic heterocycles. The van der Waals surface area contributed by atoms with Crippen molar-refractivity contribution in [3.8, 4) is 0 Å². The zero-order valence-electron chi connectivity index (χ0n) is 13.1. The summed E-state index contributed by atoms with van der Waals surface area (Å²) in [5.41, 5.74) is 0. The predicted molar refractivity (Wildman–Crippen MR) is 78.2 cm³/mol. The second kappa shape index (κ2) is 19.2. The van der Waals surface area contributed by atoms with Gasteiger partial charge in [0.15, 0.2) is 5.27 Å². The van der Waals surface area contributed by atoms with Gasteiger partial charge in [-0.3, -0.25) is 4.52 Å². The highest BCUT2D eigenvalue weighted by Gasteiger charge is 1.97. The Morgan fingerprint density at radius 3 is 2.21 bits per heavy atom. The van der Waals surface area contributed by atoms with Crippen molar-refractivity contribution < 1.29 is 14.4 Å². The number of aromatic nitrogens is 2. The molecular weight excluding hydrogens is 244 g/mol. The Hall–Kier alpha value is -1.14. The first kappa shape index (κ1) is 20.2. The number of H-pyrrole nitrogens is 1. The van der Waals surface area contributed by atoms with Crippen LogP contribution in [-0.2, 0) is 4.74 Å². The van der Waals surface area contributed by atoms with Crippen LogP contribution in [0.25, 0.3) is 0 Å². The summed E-state index contributed by atoms with van der Waals surface area (Å²) in [7, 11) is 0. The fraction of sp³-hybridized carbons (Fsp3) is 0.846. The summed E-state index contributed by atoms with van der Waals surface area (Å²) < 4.78 is 9.73. The fourth-order valence-electron chi connectivity index (χ4n) is 1.03. The number of aromatic amines is 1. The first-order valence-corrected chi connectivity index (χ1v) is 7.28. The molecule has 6 heteroatoms. The molecule has 0 aliphatic carbocycles. The lowest BCUT2D eigenvalue weighted by atomic mass is 10.5. The van der Waals surface area contributed by atoms with Crippen molar-refractivity contribution >= 4 is 5.88 Å². The number of nitrogens with zero attached hydrogens (tertiary/aromatic N) is 1. The average molecular weight is 275 g/mol.